The van der Waals surface area contributed by atoms with Crippen LogP contribution >= 0.6 is 0 Å². The lowest BCUT2D eigenvalue weighted by molar-refractivity contribution is 0.0378. The fourth-order valence-corrected chi connectivity index (χ4v) is 2.85. The summed E-state index contributed by atoms with van der Waals surface area (Å²) < 4.78 is 5.88. The number of aryl methyl sites for hydroxylation is 2. The van der Waals surface area contributed by atoms with Gasteiger partial charge in [0.2, 0.25) is 0 Å². The average Bonchev–Trinajstić information content (AvgIpc) is 2.60. The van der Waals surface area contributed by atoms with Crippen molar-refractivity contribution in [2.45, 2.75) is 20.0 Å². The van der Waals surface area contributed by atoms with Crippen molar-refractivity contribution in [2.24, 2.45) is 0 Å². The molecule has 0 aliphatic carbocycles. The standard InChI is InChI=1S/C22H20O2/c1-16-13-17(2)15-20(14-16)22(23)24-21(18-9-5-3-6-10-18)19-11-7-4-8-12-19/h3-15,21H,1-2H3. The van der Waals surface area contributed by atoms with Crippen LogP contribution in [0.15, 0.2) is 78.9 Å². The van der Waals surface area contributed by atoms with Gasteiger partial charge in [-0.05, 0) is 37.1 Å². The van der Waals surface area contributed by atoms with Crippen molar-refractivity contribution in [3.8, 4) is 0 Å². The summed E-state index contributed by atoms with van der Waals surface area (Å²) in [5, 5.41) is 0. The maximum absolute atomic E-state index is 12.7. The van der Waals surface area contributed by atoms with Crippen LogP contribution in [0.25, 0.3) is 0 Å². The molecule has 3 aromatic rings. The summed E-state index contributed by atoms with van der Waals surface area (Å²) in [7, 11) is 0. The summed E-state index contributed by atoms with van der Waals surface area (Å²) in [6, 6.07) is 25.4. The van der Waals surface area contributed by atoms with Gasteiger partial charge >= 0.3 is 5.97 Å². The highest BCUT2D eigenvalue weighted by Gasteiger charge is 2.20. The quantitative estimate of drug-likeness (QED) is 0.614. The van der Waals surface area contributed by atoms with E-state index in [0.29, 0.717) is 5.56 Å². The van der Waals surface area contributed by atoms with Crippen molar-refractivity contribution >= 4 is 5.97 Å². The van der Waals surface area contributed by atoms with E-state index < -0.39 is 6.10 Å². The van der Waals surface area contributed by atoms with Gasteiger partial charge < -0.3 is 4.74 Å². The summed E-state index contributed by atoms with van der Waals surface area (Å²) in [5.74, 6) is -0.306. The molecule has 2 nitrogen and oxygen atoms in total. The first kappa shape index (κ1) is 16.0. The molecule has 2 heteroatoms. The molecule has 0 unspecified atom stereocenters. The van der Waals surface area contributed by atoms with Crippen LogP contribution in [0.4, 0.5) is 0 Å². The van der Waals surface area contributed by atoms with Crippen LogP contribution in [0.2, 0.25) is 0 Å². The normalized spacial score (nSPS) is 10.6. The van der Waals surface area contributed by atoms with Crippen molar-refractivity contribution in [3.63, 3.8) is 0 Å². The number of hydrogen-bond acceptors (Lipinski definition) is 2. The molecule has 0 aromatic heterocycles. The highest BCUT2D eigenvalue weighted by molar-refractivity contribution is 5.90. The molecule has 0 heterocycles. The molecule has 0 saturated heterocycles. The first-order valence-electron chi connectivity index (χ1n) is 8.02. The van der Waals surface area contributed by atoms with E-state index in [1.165, 1.54) is 0 Å². The smallest absolute Gasteiger partial charge is 0.339 e. The number of ether oxygens (including phenoxy) is 1. The van der Waals surface area contributed by atoms with Gasteiger partial charge in [-0.3, -0.25) is 0 Å². The molecule has 0 spiro atoms. The van der Waals surface area contributed by atoms with E-state index in [1.54, 1.807) is 0 Å². The molecular formula is C22H20O2. The Morgan fingerprint density at radius 1 is 0.750 bits per heavy atom. The van der Waals surface area contributed by atoms with Crippen LogP contribution in [0.5, 0.6) is 0 Å². The Kier molecular flexibility index (Phi) is 4.76. The van der Waals surface area contributed by atoms with Crippen molar-refractivity contribution in [1.82, 2.24) is 0 Å². The van der Waals surface area contributed by atoms with Gasteiger partial charge in [-0.15, -0.1) is 0 Å². The van der Waals surface area contributed by atoms with E-state index in [4.69, 9.17) is 4.74 Å². The van der Waals surface area contributed by atoms with Crippen LogP contribution < -0.4 is 0 Å². The van der Waals surface area contributed by atoms with Crippen LogP contribution in [-0.2, 0) is 4.74 Å². The van der Waals surface area contributed by atoms with Crippen molar-refractivity contribution in [3.05, 3.63) is 107 Å². The summed E-state index contributed by atoms with van der Waals surface area (Å²) in [6.45, 7) is 3.96. The van der Waals surface area contributed by atoms with Crippen molar-refractivity contribution < 1.29 is 9.53 Å². The zero-order valence-electron chi connectivity index (χ0n) is 13.9. The second-order valence-corrected chi connectivity index (χ2v) is 5.98. The van der Waals surface area contributed by atoms with E-state index >= 15 is 0 Å². The fraction of sp³-hybridized carbons (Fsp3) is 0.136. The maximum atomic E-state index is 12.7. The molecule has 0 N–H and O–H groups in total. The molecule has 120 valence electrons. The van der Waals surface area contributed by atoms with Gasteiger partial charge in [0, 0.05) is 0 Å². The lowest BCUT2D eigenvalue weighted by Crippen LogP contribution is -2.13. The second-order valence-electron chi connectivity index (χ2n) is 5.98. The Morgan fingerprint density at radius 3 is 1.67 bits per heavy atom. The molecule has 24 heavy (non-hydrogen) atoms. The van der Waals surface area contributed by atoms with Gasteiger partial charge in [0.25, 0.3) is 0 Å². The van der Waals surface area contributed by atoms with Gasteiger partial charge in [-0.1, -0.05) is 77.9 Å². The SMILES string of the molecule is Cc1cc(C)cc(C(=O)OC(c2ccccc2)c2ccccc2)c1. The first-order valence-corrected chi connectivity index (χ1v) is 8.02. The van der Waals surface area contributed by atoms with Crippen molar-refractivity contribution in [2.75, 3.05) is 0 Å². The van der Waals surface area contributed by atoms with E-state index in [0.717, 1.165) is 22.3 Å². The third-order valence-corrected chi connectivity index (χ3v) is 3.89. The van der Waals surface area contributed by atoms with E-state index in [9.17, 15) is 4.79 Å². The van der Waals surface area contributed by atoms with Crippen LogP contribution in [0, 0.1) is 13.8 Å². The lowest BCUT2D eigenvalue weighted by Gasteiger charge is -2.19. The second kappa shape index (κ2) is 7.14. The lowest BCUT2D eigenvalue weighted by atomic mass is 10.0. The molecule has 0 fully saturated rings. The van der Waals surface area contributed by atoms with Crippen LogP contribution in [0.3, 0.4) is 0 Å². The Morgan fingerprint density at radius 2 is 1.21 bits per heavy atom. The van der Waals surface area contributed by atoms with E-state index in [2.05, 4.69) is 0 Å². The van der Waals surface area contributed by atoms with Crippen LogP contribution in [-0.4, -0.2) is 5.97 Å². The zero-order valence-corrected chi connectivity index (χ0v) is 13.9. The number of carbonyl (C=O) groups excluding carboxylic acids is 1. The Bertz CT molecular complexity index is 763. The fourth-order valence-electron chi connectivity index (χ4n) is 2.85. The maximum Gasteiger partial charge on any atom is 0.339 e. The molecule has 0 bridgehead atoms. The number of hydrogen-bond donors (Lipinski definition) is 0. The minimum Gasteiger partial charge on any atom is -0.449 e. The topological polar surface area (TPSA) is 26.3 Å². The molecule has 0 radical (unpaired) electrons. The number of benzene rings is 3. The molecule has 0 aliphatic rings. The Hall–Kier alpha value is -2.87. The third-order valence-electron chi connectivity index (χ3n) is 3.89. The van der Waals surface area contributed by atoms with Gasteiger partial charge in [-0.2, -0.15) is 0 Å². The van der Waals surface area contributed by atoms with Gasteiger partial charge in [-0.25, -0.2) is 4.79 Å². The third kappa shape index (κ3) is 3.72. The average molecular weight is 316 g/mol. The Labute approximate surface area is 142 Å². The molecule has 3 rings (SSSR count). The summed E-state index contributed by atoms with van der Waals surface area (Å²) in [5.41, 5.74) is 4.61. The largest absolute Gasteiger partial charge is 0.449 e. The van der Waals surface area contributed by atoms with Gasteiger partial charge in [0.1, 0.15) is 0 Å². The number of carbonyl (C=O) groups is 1. The highest BCUT2D eigenvalue weighted by atomic mass is 16.5. The van der Waals surface area contributed by atoms with Crippen LogP contribution in [0.1, 0.15) is 38.7 Å². The molecule has 0 amide bonds. The molecular weight excluding hydrogens is 296 g/mol. The number of rotatable bonds is 4. The molecule has 0 aliphatic heterocycles. The summed E-state index contributed by atoms with van der Waals surface area (Å²) in [6.07, 6.45) is -0.416. The predicted octanol–water partition coefficient (Wildman–Crippen LogP) is 5.25. The monoisotopic (exact) mass is 316 g/mol. The van der Waals surface area contributed by atoms with E-state index in [-0.39, 0.29) is 5.97 Å². The first-order chi connectivity index (χ1) is 11.6. The van der Waals surface area contributed by atoms with E-state index in [1.807, 2.05) is 92.7 Å². The minimum atomic E-state index is -0.416. The van der Waals surface area contributed by atoms with Crippen molar-refractivity contribution in [1.29, 1.82) is 0 Å². The van der Waals surface area contributed by atoms with Gasteiger partial charge in [0.05, 0.1) is 5.56 Å². The highest BCUT2D eigenvalue weighted by Crippen LogP contribution is 2.27. The Balaban J connectivity index is 1.93. The molecule has 0 saturated carbocycles. The predicted molar refractivity (Wildman–Crippen MR) is 96.1 cm³/mol. The summed E-state index contributed by atoms with van der Waals surface area (Å²) >= 11 is 0. The minimum absolute atomic E-state index is 0.306. The molecule has 0 atom stereocenters. The zero-order chi connectivity index (χ0) is 16.9. The number of esters is 1. The molecule has 3 aromatic carbocycles. The van der Waals surface area contributed by atoms with Gasteiger partial charge in [0.15, 0.2) is 6.10 Å². The summed E-state index contributed by atoms with van der Waals surface area (Å²) in [4.78, 5) is 12.7.